The molecule has 0 radical (unpaired) electrons. The van der Waals surface area contributed by atoms with Crippen LogP contribution in [0.3, 0.4) is 0 Å². The number of nitrogens with one attached hydrogen (secondary N) is 2. The molecule has 3 amide bonds. The molecule has 0 aromatic heterocycles. The van der Waals surface area contributed by atoms with Crippen LogP contribution in [0.2, 0.25) is 0 Å². The maximum absolute atomic E-state index is 11.6. The molecule has 0 saturated heterocycles. The molecular formula is C13H25N3O2S. The van der Waals surface area contributed by atoms with Crippen molar-refractivity contribution in [1.29, 1.82) is 0 Å². The number of nitrogens with two attached hydrogens (primary N) is 1. The Morgan fingerprint density at radius 3 is 2.63 bits per heavy atom. The Hall–Kier alpha value is -0.750. The van der Waals surface area contributed by atoms with Gasteiger partial charge in [-0.15, -0.1) is 0 Å². The van der Waals surface area contributed by atoms with Gasteiger partial charge in [0.15, 0.2) is 0 Å². The van der Waals surface area contributed by atoms with Crippen LogP contribution in [-0.2, 0) is 4.79 Å². The molecule has 1 rings (SSSR count). The van der Waals surface area contributed by atoms with E-state index >= 15 is 0 Å². The first-order valence-corrected chi connectivity index (χ1v) is 8.21. The summed E-state index contributed by atoms with van der Waals surface area (Å²) in [5.41, 5.74) is 5.75. The molecule has 1 fully saturated rings. The van der Waals surface area contributed by atoms with Gasteiger partial charge in [0.2, 0.25) is 5.91 Å². The van der Waals surface area contributed by atoms with Gasteiger partial charge in [-0.05, 0) is 19.3 Å². The summed E-state index contributed by atoms with van der Waals surface area (Å²) in [6, 6.07) is -0.0196. The second-order valence-electron chi connectivity index (χ2n) is 5.04. The van der Waals surface area contributed by atoms with E-state index in [1.54, 1.807) is 0 Å². The first-order valence-electron chi connectivity index (χ1n) is 7.05. The third kappa shape index (κ3) is 7.42. The molecule has 0 aromatic rings. The largest absolute Gasteiger partial charge is 0.335 e. The van der Waals surface area contributed by atoms with E-state index in [0.717, 1.165) is 37.9 Å². The summed E-state index contributed by atoms with van der Waals surface area (Å²) < 4.78 is 0. The van der Waals surface area contributed by atoms with E-state index in [1.165, 1.54) is 18.2 Å². The molecule has 1 atom stereocenters. The van der Waals surface area contributed by atoms with Gasteiger partial charge in [0, 0.05) is 17.8 Å². The minimum absolute atomic E-state index is 0.119. The lowest BCUT2D eigenvalue weighted by Crippen LogP contribution is -2.45. The van der Waals surface area contributed by atoms with E-state index in [4.69, 9.17) is 5.73 Å². The Bertz CT molecular complexity index is 294. The van der Waals surface area contributed by atoms with E-state index in [9.17, 15) is 9.59 Å². The zero-order valence-electron chi connectivity index (χ0n) is 11.6. The number of imide groups is 1. The molecule has 0 aliphatic heterocycles. The zero-order valence-corrected chi connectivity index (χ0v) is 12.4. The van der Waals surface area contributed by atoms with Crippen molar-refractivity contribution >= 4 is 23.7 Å². The average Bonchev–Trinajstić information content (AvgIpc) is 2.39. The quantitative estimate of drug-likeness (QED) is 0.693. The number of rotatable bonds is 6. The van der Waals surface area contributed by atoms with Crippen LogP contribution in [0.15, 0.2) is 0 Å². The smallest absolute Gasteiger partial charge is 0.321 e. The Labute approximate surface area is 119 Å². The Balaban J connectivity index is 2.11. The van der Waals surface area contributed by atoms with Gasteiger partial charge in [-0.2, -0.15) is 11.8 Å². The summed E-state index contributed by atoms with van der Waals surface area (Å²) in [4.78, 5) is 23.1. The Morgan fingerprint density at radius 1 is 1.32 bits per heavy atom. The van der Waals surface area contributed by atoms with E-state index in [1.807, 2.05) is 6.92 Å². The lowest BCUT2D eigenvalue weighted by molar-refractivity contribution is -0.117. The molecule has 0 spiro atoms. The Kier molecular flexibility index (Phi) is 7.90. The lowest BCUT2D eigenvalue weighted by Gasteiger charge is -2.22. The van der Waals surface area contributed by atoms with Crippen LogP contribution >= 0.6 is 11.8 Å². The van der Waals surface area contributed by atoms with Crippen molar-refractivity contribution in [3.8, 4) is 0 Å². The maximum Gasteiger partial charge on any atom is 0.321 e. The van der Waals surface area contributed by atoms with Crippen molar-refractivity contribution in [3.63, 3.8) is 0 Å². The number of carbonyl (C=O) groups is 2. The van der Waals surface area contributed by atoms with Crippen molar-refractivity contribution in [2.75, 3.05) is 11.5 Å². The minimum atomic E-state index is -0.364. The van der Waals surface area contributed by atoms with Crippen LogP contribution in [0.1, 0.15) is 45.4 Å². The third-order valence-corrected chi connectivity index (χ3v) is 4.41. The molecule has 5 nitrogen and oxygen atoms in total. The van der Waals surface area contributed by atoms with Crippen LogP contribution in [0.5, 0.6) is 0 Å². The maximum atomic E-state index is 11.6. The molecule has 1 unspecified atom stereocenters. The van der Waals surface area contributed by atoms with Crippen LogP contribution in [0, 0.1) is 0 Å². The van der Waals surface area contributed by atoms with E-state index in [2.05, 4.69) is 10.6 Å². The molecular weight excluding hydrogens is 262 g/mol. The highest BCUT2D eigenvalue weighted by Gasteiger charge is 2.16. The van der Waals surface area contributed by atoms with Gasteiger partial charge in [-0.1, -0.05) is 26.2 Å². The van der Waals surface area contributed by atoms with E-state index in [-0.39, 0.29) is 29.8 Å². The lowest BCUT2D eigenvalue weighted by atomic mass is 9.96. The fourth-order valence-corrected chi connectivity index (χ4v) is 2.97. The SMILES string of the molecule is CCC(N)CSCC(=O)NC(=O)NC1CCCCC1. The fraction of sp³-hybridized carbons (Fsp3) is 0.846. The second-order valence-corrected chi connectivity index (χ2v) is 6.07. The predicted molar refractivity (Wildman–Crippen MR) is 79.1 cm³/mol. The molecule has 19 heavy (non-hydrogen) atoms. The van der Waals surface area contributed by atoms with Crippen molar-refractivity contribution in [2.24, 2.45) is 5.73 Å². The molecule has 1 saturated carbocycles. The first kappa shape index (κ1) is 16.3. The topological polar surface area (TPSA) is 84.2 Å². The molecule has 0 bridgehead atoms. The predicted octanol–water partition coefficient (Wildman–Crippen LogP) is 1.62. The standard InChI is InChI=1S/C13H25N3O2S/c1-2-10(14)8-19-9-12(17)16-13(18)15-11-6-4-3-5-7-11/h10-11H,2-9,14H2,1H3,(H2,15,16,17,18). The molecule has 4 N–H and O–H groups in total. The molecule has 1 aliphatic carbocycles. The number of thioether (sulfide) groups is 1. The zero-order chi connectivity index (χ0) is 14.1. The fourth-order valence-electron chi connectivity index (χ4n) is 2.05. The van der Waals surface area contributed by atoms with Gasteiger partial charge in [-0.3, -0.25) is 10.1 Å². The van der Waals surface area contributed by atoms with Crippen LogP contribution < -0.4 is 16.4 Å². The van der Waals surface area contributed by atoms with Gasteiger partial charge in [0.1, 0.15) is 0 Å². The van der Waals surface area contributed by atoms with Gasteiger partial charge in [0.25, 0.3) is 0 Å². The van der Waals surface area contributed by atoms with E-state index < -0.39 is 0 Å². The van der Waals surface area contributed by atoms with Crippen molar-refractivity contribution in [1.82, 2.24) is 10.6 Å². The summed E-state index contributed by atoms with van der Waals surface area (Å²) in [6.45, 7) is 2.02. The van der Waals surface area contributed by atoms with Crippen molar-refractivity contribution in [3.05, 3.63) is 0 Å². The first-order chi connectivity index (χ1) is 9.11. The average molecular weight is 287 g/mol. The number of carbonyl (C=O) groups excluding carboxylic acids is 2. The van der Waals surface area contributed by atoms with Crippen molar-refractivity contribution < 1.29 is 9.59 Å². The highest BCUT2D eigenvalue weighted by Crippen LogP contribution is 2.17. The monoisotopic (exact) mass is 287 g/mol. The van der Waals surface area contributed by atoms with E-state index in [0.29, 0.717) is 0 Å². The summed E-state index contributed by atoms with van der Waals surface area (Å²) in [5.74, 6) is 0.779. The minimum Gasteiger partial charge on any atom is -0.335 e. The van der Waals surface area contributed by atoms with Gasteiger partial charge in [0.05, 0.1) is 5.75 Å². The number of amides is 3. The van der Waals surface area contributed by atoms with Crippen LogP contribution in [-0.4, -0.2) is 35.5 Å². The van der Waals surface area contributed by atoms with Gasteiger partial charge in [-0.25, -0.2) is 4.79 Å². The van der Waals surface area contributed by atoms with Crippen LogP contribution in [0.25, 0.3) is 0 Å². The van der Waals surface area contributed by atoms with Crippen molar-refractivity contribution in [2.45, 2.75) is 57.5 Å². The number of hydrogen-bond acceptors (Lipinski definition) is 4. The molecule has 0 aromatic carbocycles. The highest BCUT2D eigenvalue weighted by molar-refractivity contribution is 8.00. The highest BCUT2D eigenvalue weighted by atomic mass is 32.2. The molecule has 1 aliphatic rings. The number of hydrogen-bond donors (Lipinski definition) is 3. The molecule has 110 valence electrons. The molecule has 0 heterocycles. The third-order valence-electron chi connectivity index (χ3n) is 3.28. The summed E-state index contributed by atoms with van der Waals surface area (Å²) in [7, 11) is 0. The van der Waals surface area contributed by atoms with Crippen LogP contribution in [0.4, 0.5) is 4.79 Å². The second kappa shape index (κ2) is 9.20. The number of urea groups is 1. The van der Waals surface area contributed by atoms with Gasteiger partial charge >= 0.3 is 6.03 Å². The Morgan fingerprint density at radius 2 is 2.00 bits per heavy atom. The van der Waals surface area contributed by atoms with Gasteiger partial charge < -0.3 is 11.1 Å². The molecule has 6 heteroatoms. The summed E-state index contributed by atoms with van der Waals surface area (Å²) >= 11 is 1.47. The summed E-state index contributed by atoms with van der Waals surface area (Å²) in [5, 5.41) is 5.22. The normalized spacial score (nSPS) is 17.8. The summed E-state index contributed by atoms with van der Waals surface area (Å²) in [6.07, 6.45) is 6.49.